The van der Waals surface area contributed by atoms with Crippen LogP contribution in [0.2, 0.25) is 0 Å². The van der Waals surface area contributed by atoms with Gasteiger partial charge in [0.25, 0.3) is 0 Å². The Morgan fingerprint density at radius 2 is 1.89 bits per heavy atom. The van der Waals surface area contributed by atoms with Crippen molar-refractivity contribution in [2.75, 3.05) is 11.1 Å². The molecule has 1 aromatic heterocycles. The quantitative estimate of drug-likeness (QED) is 0.791. The molecular weight excluding hydrogens is 222 g/mol. The molecule has 2 rings (SSSR count). The van der Waals surface area contributed by atoms with Crippen LogP contribution < -0.4 is 11.1 Å². The predicted octanol–water partition coefficient (Wildman–Crippen LogP) is 3.66. The molecule has 0 spiro atoms. The van der Waals surface area contributed by atoms with Gasteiger partial charge in [-0.2, -0.15) is 0 Å². The van der Waals surface area contributed by atoms with Crippen LogP contribution >= 0.6 is 0 Å². The number of benzene rings is 1. The van der Waals surface area contributed by atoms with Crippen LogP contribution in [0, 0.1) is 5.41 Å². The highest BCUT2D eigenvalue weighted by atomic mass is 14.9. The van der Waals surface area contributed by atoms with Crippen LogP contribution in [0.4, 0.5) is 11.4 Å². The Morgan fingerprint density at radius 3 is 2.56 bits per heavy atom. The number of aromatic nitrogens is 1. The third-order valence-electron chi connectivity index (χ3n) is 3.52. The van der Waals surface area contributed by atoms with Gasteiger partial charge in [-0.05, 0) is 30.5 Å². The molecule has 0 radical (unpaired) electrons. The first kappa shape index (κ1) is 12.7. The molecule has 0 fully saturated rings. The zero-order valence-corrected chi connectivity index (χ0v) is 11.5. The molecule has 96 valence electrons. The third kappa shape index (κ3) is 2.40. The Morgan fingerprint density at radius 1 is 1.17 bits per heavy atom. The zero-order valence-electron chi connectivity index (χ0n) is 11.5. The summed E-state index contributed by atoms with van der Waals surface area (Å²) in [7, 11) is 0. The van der Waals surface area contributed by atoms with Crippen molar-refractivity contribution in [2.45, 2.75) is 33.7 Å². The van der Waals surface area contributed by atoms with Crippen LogP contribution in [0.15, 0.2) is 30.6 Å². The van der Waals surface area contributed by atoms with Crippen molar-refractivity contribution in [1.29, 1.82) is 0 Å². The molecule has 1 heterocycles. The minimum atomic E-state index is 0.209. The van der Waals surface area contributed by atoms with E-state index in [1.807, 2.05) is 24.4 Å². The molecule has 18 heavy (non-hydrogen) atoms. The lowest BCUT2D eigenvalue weighted by molar-refractivity contribution is 0.359. The van der Waals surface area contributed by atoms with E-state index >= 15 is 0 Å². The molecular formula is C15H21N3. The molecule has 0 bridgehead atoms. The molecule has 1 atom stereocenters. The van der Waals surface area contributed by atoms with E-state index in [0.717, 1.165) is 22.1 Å². The van der Waals surface area contributed by atoms with Crippen molar-refractivity contribution in [3.05, 3.63) is 30.6 Å². The lowest BCUT2D eigenvalue weighted by atomic mass is 9.88. The largest absolute Gasteiger partial charge is 0.398 e. The first-order chi connectivity index (χ1) is 8.39. The van der Waals surface area contributed by atoms with Gasteiger partial charge in [-0.3, -0.25) is 4.98 Å². The standard InChI is InChI=1S/C15H21N3/c1-10(15(2,3)4)18-14-6-5-13(16)12-9-17-8-7-11(12)14/h5-10,18H,16H2,1-4H3. The molecule has 3 heteroatoms. The first-order valence-electron chi connectivity index (χ1n) is 6.28. The summed E-state index contributed by atoms with van der Waals surface area (Å²) in [4.78, 5) is 4.13. The van der Waals surface area contributed by atoms with E-state index < -0.39 is 0 Å². The van der Waals surface area contributed by atoms with Gasteiger partial charge in [0.05, 0.1) is 0 Å². The Hall–Kier alpha value is -1.77. The van der Waals surface area contributed by atoms with Crippen LogP contribution in [0.3, 0.4) is 0 Å². The van der Waals surface area contributed by atoms with Gasteiger partial charge in [0.15, 0.2) is 0 Å². The zero-order chi connectivity index (χ0) is 13.3. The molecule has 3 N–H and O–H groups in total. The normalized spacial score (nSPS) is 13.6. The van der Waals surface area contributed by atoms with E-state index in [1.165, 1.54) is 0 Å². The maximum absolute atomic E-state index is 5.97. The molecule has 1 aromatic carbocycles. The number of hydrogen-bond donors (Lipinski definition) is 2. The van der Waals surface area contributed by atoms with Gasteiger partial charge in [0, 0.05) is 40.6 Å². The van der Waals surface area contributed by atoms with E-state index in [9.17, 15) is 0 Å². The number of nitrogens with zero attached hydrogens (tertiary/aromatic N) is 1. The molecule has 3 nitrogen and oxygen atoms in total. The second-order valence-corrected chi connectivity index (χ2v) is 5.86. The van der Waals surface area contributed by atoms with Crippen LogP contribution in [-0.4, -0.2) is 11.0 Å². The second-order valence-electron chi connectivity index (χ2n) is 5.86. The minimum absolute atomic E-state index is 0.209. The highest BCUT2D eigenvalue weighted by Crippen LogP contribution is 2.30. The smallest absolute Gasteiger partial charge is 0.0424 e. The van der Waals surface area contributed by atoms with E-state index in [4.69, 9.17) is 5.73 Å². The average Bonchev–Trinajstić information content (AvgIpc) is 2.32. The van der Waals surface area contributed by atoms with E-state index in [0.29, 0.717) is 6.04 Å². The summed E-state index contributed by atoms with van der Waals surface area (Å²) >= 11 is 0. The number of pyridine rings is 1. The van der Waals surface area contributed by atoms with Gasteiger partial charge in [0.2, 0.25) is 0 Å². The number of hydrogen-bond acceptors (Lipinski definition) is 3. The van der Waals surface area contributed by atoms with Gasteiger partial charge in [-0.15, -0.1) is 0 Å². The molecule has 2 aromatic rings. The summed E-state index contributed by atoms with van der Waals surface area (Å²) in [5, 5.41) is 5.70. The average molecular weight is 243 g/mol. The van der Waals surface area contributed by atoms with E-state index in [1.54, 1.807) is 6.20 Å². The Kier molecular flexibility index (Phi) is 3.16. The topological polar surface area (TPSA) is 50.9 Å². The fraction of sp³-hybridized carbons (Fsp3) is 0.400. The first-order valence-corrected chi connectivity index (χ1v) is 6.28. The van der Waals surface area contributed by atoms with Crippen molar-refractivity contribution >= 4 is 22.1 Å². The molecule has 0 saturated heterocycles. The summed E-state index contributed by atoms with van der Waals surface area (Å²) in [5.74, 6) is 0. The van der Waals surface area contributed by atoms with Gasteiger partial charge < -0.3 is 11.1 Å². The van der Waals surface area contributed by atoms with Crippen LogP contribution in [-0.2, 0) is 0 Å². The number of rotatable bonds is 2. The molecule has 0 saturated carbocycles. The number of nitrogen functional groups attached to an aromatic ring is 1. The predicted molar refractivity (Wildman–Crippen MR) is 78.7 cm³/mol. The second kappa shape index (κ2) is 4.48. The van der Waals surface area contributed by atoms with Crippen molar-refractivity contribution in [1.82, 2.24) is 4.98 Å². The molecule has 0 amide bonds. The third-order valence-corrected chi connectivity index (χ3v) is 3.52. The maximum atomic E-state index is 5.97. The summed E-state index contributed by atoms with van der Waals surface area (Å²) in [6.45, 7) is 8.88. The van der Waals surface area contributed by atoms with Crippen LogP contribution in [0.1, 0.15) is 27.7 Å². The number of nitrogens with two attached hydrogens (primary N) is 1. The number of fused-ring (bicyclic) bond motifs is 1. The Bertz CT molecular complexity index is 555. The SMILES string of the molecule is CC(Nc1ccc(N)c2cnccc12)C(C)(C)C. The summed E-state index contributed by atoms with van der Waals surface area (Å²) in [5.41, 5.74) is 8.07. The van der Waals surface area contributed by atoms with E-state index in [-0.39, 0.29) is 5.41 Å². The highest BCUT2D eigenvalue weighted by molar-refractivity contribution is 6.00. The van der Waals surface area contributed by atoms with Crippen molar-refractivity contribution in [2.24, 2.45) is 5.41 Å². The monoisotopic (exact) mass is 243 g/mol. The fourth-order valence-corrected chi connectivity index (χ4v) is 1.79. The number of nitrogens with one attached hydrogen (secondary N) is 1. The van der Waals surface area contributed by atoms with Gasteiger partial charge >= 0.3 is 0 Å². The van der Waals surface area contributed by atoms with Gasteiger partial charge in [-0.25, -0.2) is 0 Å². The van der Waals surface area contributed by atoms with Gasteiger partial charge in [-0.1, -0.05) is 20.8 Å². The van der Waals surface area contributed by atoms with E-state index in [2.05, 4.69) is 38.0 Å². The van der Waals surface area contributed by atoms with Crippen LogP contribution in [0.25, 0.3) is 10.8 Å². The Labute approximate surface area is 108 Å². The van der Waals surface area contributed by atoms with Crippen molar-refractivity contribution in [3.63, 3.8) is 0 Å². The maximum Gasteiger partial charge on any atom is 0.0424 e. The highest BCUT2D eigenvalue weighted by Gasteiger charge is 2.20. The summed E-state index contributed by atoms with van der Waals surface area (Å²) in [6.07, 6.45) is 3.62. The fourth-order valence-electron chi connectivity index (χ4n) is 1.79. The minimum Gasteiger partial charge on any atom is -0.398 e. The number of anilines is 2. The lowest BCUT2D eigenvalue weighted by Gasteiger charge is -2.29. The summed E-state index contributed by atoms with van der Waals surface area (Å²) in [6, 6.07) is 6.35. The summed E-state index contributed by atoms with van der Waals surface area (Å²) < 4.78 is 0. The Balaban J connectivity index is 2.44. The molecule has 0 aliphatic rings. The molecule has 1 unspecified atom stereocenters. The molecule has 0 aliphatic heterocycles. The molecule has 0 aliphatic carbocycles. The van der Waals surface area contributed by atoms with Gasteiger partial charge in [0.1, 0.15) is 0 Å². The van der Waals surface area contributed by atoms with Crippen LogP contribution in [0.5, 0.6) is 0 Å². The van der Waals surface area contributed by atoms with Crippen molar-refractivity contribution < 1.29 is 0 Å². The van der Waals surface area contributed by atoms with Crippen molar-refractivity contribution in [3.8, 4) is 0 Å². The lowest BCUT2D eigenvalue weighted by Crippen LogP contribution is -2.30.